The smallest absolute Gasteiger partial charge is 0.326 e. The quantitative estimate of drug-likeness (QED) is 0.0758. The van der Waals surface area contributed by atoms with E-state index in [0.717, 1.165) is 33.6 Å². The van der Waals surface area contributed by atoms with E-state index in [1.54, 1.807) is 22.3 Å². The van der Waals surface area contributed by atoms with Crippen LogP contribution in [0.15, 0.2) is 97.1 Å². The van der Waals surface area contributed by atoms with Crippen molar-refractivity contribution in [2.24, 2.45) is 0 Å². The van der Waals surface area contributed by atoms with Crippen LogP contribution in [0, 0.1) is 27.7 Å². The van der Waals surface area contributed by atoms with Crippen molar-refractivity contribution in [3.8, 4) is 34.1 Å². The summed E-state index contributed by atoms with van der Waals surface area (Å²) < 4.78 is 30.9. The van der Waals surface area contributed by atoms with E-state index in [4.69, 9.17) is 18.1 Å². The Labute approximate surface area is 571 Å². The van der Waals surface area contributed by atoms with Crippen molar-refractivity contribution in [1.29, 1.82) is 0 Å². The highest BCUT2D eigenvalue weighted by Gasteiger charge is 2.34. The van der Waals surface area contributed by atoms with E-state index in [0.29, 0.717) is 47.3 Å². The second-order valence-electron chi connectivity index (χ2n) is 31.6. The lowest BCUT2D eigenvalue weighted by molar-refractivity contribution is 0.417. The monoisotopic (exact) mass is 1300 g/mol. The van der Waals surface area contributed by atoms with E-state index < -0.39 is 16.8 Å². The molecule has 0 spiro atoms. The molecule has 0 N–H and O–H groups in total. The van der Waals surface area contributed by atoms with E-state index in [9.17, 15) is 0 Å². The Balaban J connectivity index is 0.825. The van der Waals surface area contributed by atoms with Crippen LogP contribution in [0.25, 0.3) is 11.1 Å². The van der Waals surface area contributed by atoms with Gasteiger partial charge in [0, 0.05) is 0 Å². The standard InChI is InChI=1S/C88H116O4P2/c1-61-53-85(81(71-37-21-9-22-38-71)57-77(61)67-29-13-5-14-30-67)89-93(90-86-54-62(2)78(68-31-15-6-16-32-68)58-82(86)72-39-23-10-24-40-72)75-49-45-65(46-50-75)66-47-51-76(52-48-66)94(91-87-55-63(3)79(69-33-17-7-18-34-69)59-83(87)73-41-25-11-26-42-73)92-88-56-64(4)80(70-35-19-8-20-36-70)60-84(88)74-43-27-12-28-44-74/h45-60,67-74H,5-44H2,1-4H3. The molecule has 8 saturated carbocycles. The minimum atomic E-state index is -1.56. The highest BCUT2D eigenvalue weighted by Crippen LogP contribution is 2.54. The maximum atomic E-state index is 7.73. The fourth-order valence-electron chi connectivity index (χ4n) is 19.7. The van der Waals surface area contributed by atoms with Crippen LogP contribution in [0.4, 0.5) is 0 Å². The first-order valence-electron chi connectivity index (χ1n) is 39.3. The van der Waals surface area contributed by atoms with Gasteiger partial charge in [0.25, 0.3) is 0 Å². The molecule has 8 fully saturated rings. The number of hydrogen-bond acceptors (Lipinski definition) is 4. The summed E-state index contributed by atoms with van der Waals surface area (Å²) >= 11 is 0. The maximum Gasteiger partial charge on any atom is 0.326 e. The summed E-state index contributed by atoms with van der Waals surface area (Å²) in [6.07, 6.45) is 52.5. The molecule has 14 rings (SSSR count). The molecule has 94 heavy (non-hydrogen) atoms. The predicted octanol–water partition coefficient (Wildman–Crippen LogP) is 27.2. The van der Waals surface area contributed by atoms with Gasteiger partial charge in [-0.15, -0.1) is 0 Å². The third kappa shape index (κ3) is 15.8. The molecule has 0 atom stereocenters. The van der Waals surface area contributed by atoms with Crippen LogP contribution in [0.5, 0.6) is 23.0 Å². The minimum Gasteiger partial charge on any atom is -0.435 e. The normalized spacial score (nSPS) is 21.0. The predicted molar refractivity (Wildman–Crippen MR) is 399 cm³/mol. The molecule has 0 saturated heterocycles. The van der Waals surface area contributed by atoms with Gasteiger partial charge in [-0.3, -0.25) is 0 Å². The molecular formula is C88H116O4P2. The van der Waals surface area contributed by atoms with Crippen molar-refractivity contribution < 1.29 is 18.1 Å². The Morgan fingerprint density at radius 1 is 0.213 bits per heavy atom. The van der Waals surface area contributed by atoms with Crippen molar-refractivity contribution >= 4 is 27.4 Å². The van der Waals surface area contributed by atoms with Gasteiger partial charge in [-0.2, -0.15) is 0 Å². The molecule has 0 aromatic heterocycles. The topological polar surface area (TPSA) is 36.9 Å². The summed E-state index contributed by atoms with van der Waals surface area (Å²) in [4.78, 5) is 0. The highest BCUT2D eigenvalue weighted by atomic mass is 31.2. The first kappa shape index (κ1) is 66.6. The molecule has 8 aliphatic rings. The molecule has 502 valence electrons. The summed E-state index contributed by atoms with van der Waals surface area (Å²) in [5.74, 6) is 8.93. The maximum absolute atomic E-state index is 7.73. The number of benzene rings is 6. The van der Waals surface area contributed by atoms with E-state index in [1.807, 2.05) is 0 Å². The van der Waals surface area contributed by atoms with Gasteiger partial charge in [0.05, 0.1) is 10.6 Å². The number of aryl methyl sites for hydroxylation is 4. The van der Waals surface area contributed by atoms with Crippen LogP contribution in [0.3, 0.4) is 0 Å². The number of rotatable bonds is 19. The summed E-state index contributed by atoms with van der Waals surface area (Å²) in [6, 6.07) is 39.2. The van der Waals surface area contributed by atoms with Crippen LogP contribution >= 0.6 is 16.8 Å². The summed E-state index contributed by atoms with van der Waals surface area (Å²) in [5, 5.41) is 2.26. The SMILES string of the molecule is Cc1cc(OP(Oc2cc(C)c(C3CCCCC3)cc2C2CCCCC2)c2ccc(-c3ccc(P(Oc4cc(C)c(C5CCCCC5)cc4C4CCCCC4)Oc4cc(C)c(C5CCCCC5)cc4C4CCCCC4)cc3)cc2)c(C2CCCCC2)cc1C1CCCCC1. The molecular weight excluding hydrogens is 1180 g/mol. The number of hydrogen-bond donors (Lipinski definition) is 0. The first-order chi connectivity index (χ1) is 46.2. The van der Waals surface area contributed by atoms with Gasteiger partial charge >= 0.3 is 16.8 Å². The molecule has 0 amide bonds. The zero-order chi connectivity index (χ0) is 63.7. The molecule has 0 bridgehead atoms. The molecule has 4 nitrogen and oxygen atoms in total. The van der Waals surface area contributed by atoms with Crippen LogP contribution in [0.1, 0.15) is 371 Å². The second kappa shape index (κ2) is 31.9. The summed E-state index contributed by atoms with van der Waals surface area (Å²) in [5.41, 5.74) is 20.1. The van der Waals surface area contributed by atoms with E-state index in [1.165, 1.54) is 312 Å². The molecule has 6 heteroatoms. The molecule has 0 aliphatic heterocycles. The Kier molecular flexibility index (Phi) is 22.6. The largest absolute Gasteiger partial charge is 0.435 e. The van der Waals surface area contributed by atoms with E-state index in [-0.39, 0.29) is 0 Å². The third-order valence-electron chi connectivity index (χ3n) is 25.2. The molecule has 6 aromatic carbocycles. The minimum absolute atomic E-state index is 0.519. The van der Waals surface area contributed by atoms with Crippen molar-refractivity contribution in [3.05, 3.63) is 164 Å². The Morgan fingerprint density at radius 2 is 0.383 bits per heavy atom. The fraction of sp³-hybridized carbons (Fsp3) is 0.591. The van der Waals surface area contributed by atoms with Crippen LogP contribution in [-0.4, -0.2) is 0 Å². The molecule has 0 heterocycles. The Morgan fingerprint density at radius 3 is 0.564 bits per heavy atom. The summed E-state index contributed by atoms with van der Waals surface area (Å²) in [6.45, 7) is 9.48. The van der Waals surface area contributed by atoms with Crippen LogP contribution in [-0.2, 0) is 0 Å². The van der Waals surface area contributed by atoms with Gasteiger partial charge in [0.1, 0.15) is 23.0 Å². The average Bonchev–Trinajstić information content (AvgIpc) is 0.836. The van der Waals surface area contributed by atoms with Crippen molar-refractivity contribution in [3.63, 3.8) is 0 Å². The van der Waals surface area contributed by atoms with Crippen molar-refractivity contribution in [1.82, 2.24) is 0 Å². The van der Waals surface area contributed by atoms with Gasteiger partial charge in [-0.25, -0.2) is 0 Å². The molecule has 6 aromatic rings. The van der Waals surface area contributed by atoms with Gasteiger partial charge in [0.15, 0.2) is 0 Å². The van der Waals surface area contributed by atoms with Crippen molar-refractivity contribution in [2.75, 3.05) is 0 Å². The lowest BCUT2D eigenvalue weighted by atomic mass is 9.78. The zero-order valence-corrected chi connectivity index (χ0v) is 60.5. The van der Waals surface area contributed by atoms with Crippen LogP contribution < -0.4 is 28.7 Å². The second-order valence-corrected chi connectivity index (χ2v) is 34.4. The van der Waals surface area contributed by atoms with Gasteiger partial charge in [0.2, 0.25) is 0 Å². The van der Waals surface area contributed by atoms with E-state index in [2.05, 4.69) is 125 Å². The third-order valence-corrected chi connectivity index (χ3v) is 28.1. The highest BCUT2D eigenvalue weighted by molar-refractivity contribution is 7.57. The lowest BCUT2D eigenvalue weighted by Crippen LogP contribution is -2.16. The Bertz CT molecular complexity index is 3010. The van der Waals surface area contributed by atoms with Crippen LogP contribution in [0.2, 0.25) is 0 Å². The zero-order valence-electron chi connectivity index (χ0n) is 58.7. The van der Waals surface area contributed by atoms with Gasteiger partial charge in [-0.1, -0.05) is 203 Å². The molecule has 0 unspecified atom stereocenters. The Hall–Kier alpha value is -4.62. The van der Waals surface area contributed by atoms with Crippen molar-refractivity contribution in [2.45, 2.75) is 332 Å². The lowest BCUT2D eigenvalue weighted by Gasteiger charge is -2.31. The summed E-state index contributed by atoms with van der Waals surface area (Å²) in [7, 11) is -3.13. The first-order valence-corrected chi connectivity index (χ1v) is 41.7. The fourth-order valence-corrected chi connectivity index (χ4v) is 22.3. The van der Waals surface area contributed by atoms with Gasteiger partial charge in [-0.05, 0) is 304 Å². The molecule has 0 radical (unpaired) electrons. The van der Waals surface area contributed by atoms with E-state index >= 15 is 0 Å². The molecule has 8 aliphatic carbocycles. The van der Waals surface area contributed by atoms with Gasteiger partial charge < -0.3 is 18.1 Å². The average molecular weight is 1300 g/mol.